The van der Waals surface area contributed by atoms with Crippen molar-refractivity contribution in [3.63, 3.8) is 0 Å². The fourth-order valence-corrected chi connectivity index (χ4v) is 3.00. The molecule has 0 bridgehead atoms. The molecule has 1 unspecified atom stereocenters. The summed E-state index contributed by atoms with van der Waals surface area (Å²) in [5.41, 5.74) is 1.74. The molecule has 0 aliphatic heterocycles. The van der Waals surface area contributed by atoms with Crippen molar-refractivity contribution in [1.29, 1.82) is 0 Å². The molecule has 0 spiro atoms. The number of hydrogen-bond donors (Lipinski definition) is 3. The number of nitrogens with one attached hydrogen (secondary N) is 2. The number of anilines is 1. The highest BCUT2D eigenvalue weighted by atomic mass is 19.1. The molecule has 7 heteroatoms. The Morgan fingerprint density at radius 1 is 1.22 bits per heavy atom. The van der Waals surface area contributed by atoms with Gasteiger partial charge in [0, 0.05) is 35.8 Å². The third-order valence-electron chi connectivity index (χ3n) is 4.12. The van der Waals surface area contributed by atoms with Crippen molar-refractivity contribution in [2.75, 3.05) is 26.0 Å². The topological polar surface area (TPSA) is 63.6 Å². The van der Waals surface area contributed by atoms with Crippen molar-refractivity contribution in [3.8, 4) is 5.88 Å². The summed E-state index contributed by atoms with van der Waals surface area (Å²) < 4.78 is 27.8. The lowest BCUT2D eigenvalue weighted by atomic mass is 10.2. The normalized spacial score (nSPS) is 13.0. The van der Waals surface area contributed by atoms with E-state index in [0.717, 1.165) is 6.54 Å². The number of rotatable bonds is 6. The number of H-pyrrole nitrogens is 1. The number of benzene rings is 2. The van der Waals surface area contributed by atoms with Gasteiger partial charge in [-0.1, -0.05) is 0 Å². The molecule has 0 fully saturated rings. The lowest BCUT2D eigenvalue weighted by Gasteiger charge is -2.19. The van der Waals surface area contributed by atoms with Crippen LogP contribution in [0.4, 0.5) is 20.2 Å². The van der Waals surface area contributed by atoms with E-state index in [9.17, 15) is 13.9 Å². The number of aliphatic imine (C=N–C) groups is 1. The van der Waals surface area contributed by atoms with Crippen molar-refractivity contribution in [2.45, 2.75) is 13.0 Å². The van der Waals surface area contributed by atoms with Crippen LogP contribution in [-0.4, -0.2) is 47.9 Å². The molecule has 0 saturated heterocycles. The molecule has 27 heavy (non-hydrogen) atoms. The van der Waals surface area contributed by atoms with Crippen molar-refractivity contribution < 1.29 is 13.9 Å². The lowest BCUT2D eigenvalue weighted by molar-refractivity contribution is 0.391. The number of halogens is 2. The van der Waals surface area contributed by atoms with E-state index >= 15 is 0 Å². The fourth-order valence-electron chi connectivity index (χ4n) is 3.00. The Balaban J connectivity index is 1.81. The number of aromatic nitrogens is 1. The smallest absolute Gasteiger partial charge is 0.198 e. The largest absolute Gasteiger partial charge is 0.494 e. The van der Waals surface area contributed by atoms with Gasteiger partial charge in [-0.05, 0) is 51.4 Å². The Bertz CT molecular complexity index is 982. The number of likely N-dealkylation sites (N-methyl/N-ethyl adjacent to an activating group) is 1. The average Bonchev–Trinajstić information content (AvgIpc) is 2.89. The minimum Gasteiger partial charge on any atom is -0.494 e. The first-order valence-electron chi connectivity index (χ1n) is 8.58. The van der Waals surface area contributed by atoms with E-state index in [-0.39, 0.29) is 11.9 Å². The Kier molecular flexibility index (Phi) is 5.41. The molecule has 3 aromatic rings. The van der Waals surface area contributed by atoms with Crippen LogP contribution in [-0.2, 0) is 0 Å². The van der Waals surface area contributed by atoms with Crippen LogP contribution in [0.25, 0.3) is 10.9 Å². The van der Waals surface area contributed by atoms with Gasteiger partial charge < -0.3 is 20.3 Å². The third kappa shape index (κ3) is 4.43. The van der Waals surface area contributed by atoms with Gasteiger partial charge in [0.25, 0.3) is 0 Å². The molecule has 0 aliphatic rings. The summed E-state index contributed by atoms with van der Waals surface area (Å²) in [5.74, 6) is -0.940. The molecule has 3 N–H and O–H groups in total. The summed E-state index contributed by atoms with van der Waals surface area (Å²) >= 11 is 0. The third-order valence-corrected chi connectivity index (χ3v) is 4.12. The highest BCUT2D eigenvalue weighted by Crippen LogP contribution is 2.27. The second kappa shape index (κ2) is 7.75. The Morgan fingerprint density at radius 2 is 2.00 bits per heavy atom. The van der Waals surface area contributed by atoms with Crippen LogP contribution in [0.5, 0.6) is 5.88 Å². The fraction of sp³-hybridized carbons (Fsp3) is 0.250. The maximum Gasteiger partial charge on any atom is 0.198 e. The van der Waals surface area contributed by atoms with Crippen molar-refractivity contribution in [2.24, 2.45) is 4.99 Å². The van der Waals surface area contributed by atoms with Gasteiger partial charge in [0.2, 0.25) is 0 Å². The van der Waals surface area contributed by atoms with Gasteiger partial charge in [0.15, 0.2) is 5.88 Å². The van der Waals surface area contributed by atoms with Crippen LogP contribution in [0, 0.1) is 11.6 Å². The van der Waals surface area contributed by atoms with E-state index in [1.807, 2.05) is 25.9 Å². The molecule has 0 radical (unpaired) electrons. The highest BCUT2D eigenvalue weighted by Gasteiger charge is 2.11. The predicted molar refractivity (Wildman–Crippen MR) is 105 cm³/mol. The molecule has 3 rings (SSSR count). The molecule has 142 valence electrons. The van der Waals surface area contributed by atoms with Gasteiger partial charge >= 0.3 is 0 Å². The lowest BCUT2D eigenvalue weighted by Crippen LogP contribution is -2.29. The van der Waals surface area contributed by atoms with Crippen LogP contribution in [0.3, 0.4) is 0 Å². The van der Waals surface area contributed by atoms with E-state index in [1.54, 1.807) is 12.1 Å². The van der Waals surface area contributed by atoms with Gasteiger partial charge in [-0.25, -0.2) is 8.78 Å². The quantitative estimate of drug-likeness (QED) is 0.567. The minimum atomic E-state index is -0.413. The number of hydrogen-bond acceptors (Lipinski definition) is 4. The molecular weight excluding hydrogens is 350 g/mol. The standard InChI is InChI=1S/C20H22F2N4O/c1-12(11-26(2)3)24-19-7-5-14(9-17(19)22)23-10-16-15-8-13(21)4-6-18(15)25-20(16)27/h4-10,12,24-25,27H,11H2,1-3H3. The summed E-state index contributed by atoms with van der Waals surface area (Å²) in [7, 11) is 3.91. The zero-order valence-corrected chi connectivity index (χ0v) is 15.4. The monoisotopic (exact) mass is 372 g/mol. The first-order valence-corrected chi connectivity index (χ1v) is 8.58. The number of nitrogens with zero attached hydrogens (tertiary/aromatic N) is 2. The van der Waals surface area contributed by atoms with Crippen molar-refractivity contribution in [3.05, 3.63) is 53.6 Å². The van der Waals surface area contributed by atoms with E-state index in [4.69, 9.17) is 0 Å². The summed E-state index contributed by atoms with van der Waals surface area (Å²) in [6.45, 7) is 2.75. The molecule has 1 aromatic heterocycles. The van der Waals surface area contributed by atoms with E-state index in [2.05, 4.69) is 15.3 Å². The van der Waals surface area contributed by atoms with E-state index in [0.29, 0.717) is 27.8 Å². The summed E-state index contributed by atoms with van der Waals surface area (Å²) in [6, 6.07) is 8.86. The second-order valence-corrected chi connectivity index (χ2v) is 6.81. The molecule has 0 saturated carbocycles. The van der Waals surface area contributed by atoms with Crippen molar-refractivity contribution >= 4 is 28.5 Å². The predicted octanol–water partition coefficient (Wildman–Crippen LogP) is 4.26. The van der Waals surface area contributed by atoms with Crippen LogP contribution in [0.15, 0.2) is 41.4 Å². The molecule has 1 heterocycles. The van der Waals surface area contributed by atoms with Gasteiger partial charge in [-0.15, -0.1) is 0 Å². The molecule has 2 aromatic carbocycles. The molecule has 5 nitrogen and oxygen atoms in total. The van der Waals surface area contributed by atoms with Crippen molar-refractivity contribution in [1.82, 2.24) is 9.88 Å². The zero-order chi connectivity index (χ0) is 19.6. The minimum absolute atomic E-state index is 0.0851. The summed E-state index contributed by atoms with van der Waals surface area (Å²) in [6.07, 6.45) is 1.39. The van der Waals surface area contributed by atoms with Crippen LogP contribution in [0.1, 0.15) is 12.5 Å². The molecular formula is C20H22F2N4O. The van der Waals surface area contributed by atoms with Gasteiger partial charge in [-0.2, -0.15) is 0 Å². The first kappa shape index (κ1) is 18.8. The molecule has 0 aliphatic carbocycles. The molecule has 0 amide bonds. The van der Waals surface area contributed by atoms with E-state index in [1.165, 1.54) is 30.5 Å². The maximum atomic E-state index is 14.3. The summed E-state index contributed by atoms with van der Waals surface area (Å²) in [4.78, 5) is 8.99. The van der Waals surface area contributed by atoms with Crippen LogP contribution < -0.4 is 5.32 Å². The SMILES string of the molecule is CC(CN(C)C)Nc1ccc(N=Cc2c(O)[nH]c3ccc(F)cc23)cc1F. The second-order valence-electron chi connectivity index (χ2n) is 6.81. The van der Waals surface area contributed by atoms with Gasteiger partial charge in [0.05, 0.1) is 16.9 Å². The Labute approximate surface area is 156 Å². The first-order chi connectivity index (χ1) is 12.8. The summed E-state index contributed by atoms with van der Waals surface area (Å²) in [5, 5.41) is 13.6. The molecule has 1 atom stereocenters. The van der Waals surface area contributed by atoms with Gasteiger partial charge in [-0.3, -0.25) is 4.99 Å². The number of aromatic amines is 1. The zero-order valence-electron chi connectivity index (χ0n) is 15.4. The van der Waals surface area contributed by atoms with Crippen LogP contribution >= 0.6 is 0 Å². The Hall–Kier alpha value is -2.93. The van der Waals surface area contributed by atoms with Crippen LogP contribution in [0.2, 0.25) is 0 Å². The maximum absolute atomic E-state index is 14.3. The Morgan fingerprint density at radius 3 is 2.70 bits per heavy atom. The van der Waals surface area contributed by atoms with E-state index < -0.39 is 11.6 Å². The number of aromatic hydroxyl groups is 1. The van der Waals surface area contributed by atoms with Gasteiger partial charge in [0.1, 0.15) is 11.6 Å². The number of fused-ring (bicyclic) bond motifs is 1. The highest BCUT2D eigenvalue weighted by molar-refractivity contribution is 6.02. The average molecular weight is 372 g/mol.